The topological polar surface area (TPSA) is 31.0 Å². The van der Waals surface area contributed by atoms with E-state index in [1.54, 1.807) is 6.26 Å². The van der Waals surface area contributed by atoms with Crippen molar-refractivity contribution in [3.63, 3.8) is 0 Å². The fourth-order valence-corrected chi connectivity index (χ4v) is 3.00. The number of alkyl halides is 1. The van der Waals surface area contributed by atoms with Gasteiger partial charge in [0.1, 0.15) is 11.6 Å². The average molecular weight is 401 g/mol. The first-order valence-corrected chi connectivity index (χ1v) is 8.12. The largest absolute Gasteiger partial charge is 0.469 e. The summed E-state index contributed by atoms with van der Waals surface area (Å²) in [5.41, 5.74) is 2.20. The van der Waals surface area contributed by atoms with Crippen molar-refractivity contribution in [1.82, 2.24) is 9.55 Å². The van der Waals surface area contributed by atoms with Crippen LogP contribution in [-0.4, -0.2) is 15.4 Å². The Morgan fingerprint density at radius 3 is 2.90 bits per heavy atom. The van der Waals surface area contributed by atoms with Crippen molar-refractivity contribution >= 4 is 45.2 Å². The number of imidazole rings is 1. The molecular formula is C15H14ClIN2O. The molecule has 104 valence electrons. The van der Waals surface area contributed by atoms with Crippen molar-refractivity contribution in [2.75, 3.05) is 5.88 Å². The van der Waals surface area contributed by atoms with Crippen molar-refractivity contribution in [3.8, 4) is 0 Å². The second-order valence-electron chi connectivity index (χ2n) is 4.58. The highest BCUT2D eigenvalue weighted by atomic mass is 127. The number of nitrogens with zero attached hydrogens (tertiary/aromatic N) is 2. The van der Waals surface area contributed by atoms with Gasteiger partial charge in [0.05, 0.1) is 17.3 Å². The highest BCUT2D eigenvalue weighted by Crippen LogP contribution is 2.20. The molecule has 3 nitrogen and oxygen atoms in total. The summed E-state index contributed by atoms with van der Waals surface area (Å²) in [6.45, 7) is 0.858. The molecule has 0 N–H and O–H groups in total. The normalized spacial score (nSPS) is 11.3. The minimum atomic E-state index is 0.584. The number of rotatable bonds is 5. The van der Waals surface area contributed by atoms with Crippen LogP contribution in [0.25, 0.3) is 11.0 Å². The molecule has 0 saturated carbocycles. The zero-order valence-corrected chi connectivity index (χ0v) is 13.8. The summed E-state index contributed by atoms with van der Waals surface area (Å²) in [6.07, 6.45) is 3.36. The third kappa shape index (κ3) is 2.86. The summed E-state index contributed by atoms with van der Waals surface area (Å²) in [6, 6.07) is 10.3. The molecule has 0 aliphatic carbocycles. The predicted octanol–water partition coefficient (Wildman–Crippen LogP) is 4.26. The molecule has 3 aromatic rings. The van der Waals surface area contributed by atoms with Gasteiger partial charge in [0.25, 0.3) is 0 Å². The number of fused-ring (bicyclic) bond motifs is 1. The number of hydrogen-bond acceptors (Lipinski definition) is 2. The Hall–Kier alpha value is -1.01. The van der Waals surface area contributed by atoms with Gasteiger partial charge in [0, 0.05) is 28.8 Å². The maximum absolute atomic E-state index is 5.89. The van der Waals surface area contributed by atoms with Crippen LogP contribution in [0.1, 0.15) is 11.6 Å². The molecule has 0 bridgehead atoms. The third-order valence-corrected chi connectivity index (χ3v) is 4.13. The first-order valence-electron chi connectivity index (χ1n) is 6.51. The summed E-state index contributed by atoms with van der Waals surface area (Å²) >= 11 is 8.20. The molecule has 3 rings (SSSR count). The number of hydrogen-bond donors (Lipinski definition) is 0. The van der Waals surface area contributed by atoms with Crippen LogP contribution >= 0.6 is 34.2 Å². The lowest BCUT2D eigenvalue weighted by molar-refractivity contribution is 0.490. The first-order chi connectivity index (χ1) is 9.78. The van der Waals surface area contributed by atoms with Crippen molar-refractivity contribution in [1.29, 1.82) is 0 Å². The molecule has 0 aliphatic rings. The number of aryl methyl sites for hydroxylation is 3. The number of furan rings is 1. The van der Waals surface area contributed by atoms with Crippen molar-refractivity contribution in [3.05, 3.63) is 51.7 Å². The fourth-order valence-electron chi connectivity index (χ4n) is 2.35. The fraction of sp³-hybridized carbons (Fsp3) is 0.267. The molecule has 0 amide bonds. The lowest BCUT2D eigenvalue weighted by Crippen LogP contribution is -2.06. The van der Waals surface area contributed by atoms with Crippen LogP contribution in [0.5, 0.6) is 0 Å². The molecule has 2 heterocycles. The van der Waals surface area contributed by atoms with Crippen molar-refractivity contribution < 1.29 is 4.42 Å². The smallest absolute Gasteiger partial charge is 0.111 e. The van der Waals surface area contributed by atoms with Gasteiger partial charge >= 0.3 is 0 Å². The number of aromatic nitrogens is 2. The molecule has 0 fully saturated rings. The van der Waals surface area contributed by atoms with E-state index in [2.05, 4.69) is 45.4 Å². The molecule has 20 heavy (non-hydrogen) atoms. The molecule has 2 aromatic heterocycles. The SMILES string of the molecule is ClCCc1nc2cc(I)ccc2n1CCc1ccco1. The molecule has 0 atom stereocenters. The Balaban J connectivity index is 1.95. The van der Waals surface area contributed by atoms with Crippen LogP contribution in [0.3, 0.4) is 0 Å². The Labute approximate surface area is 136 Å². The average Bonchev–Trinajstić information content (AvgIpc) is 3.04. The minimum Gasteiger partial charge on any atom is -0.469 e. The summed E-state index contributed by atoms with van der Waals surface area (Å²) < 4.78 is 8.85. The van der Waals surface area contributed by atoms with Gasteiger partial charge in [-0.2, -0.15) is 0 Å². The second kappa shape index (κ2) is 6.18. The molecule has 0 radical (unpaired) electrons. The van der Waals surface area contributed by atoms with Gasteiger partial charge in [-0.1, -0.05) is 0 Å². The van der Waals surface area contributed by atoms with Gasteiger partial charge < -0.3 is 8.98 Å². The lowest BCUT2D eigenvalue weighted by Gasteiger charge is -2.07. The van der Waals surface area contributed by atoms with E-state index < -0.39 is 0 Å². The van der Waals surface area contributed by atoms with Crippen molar-refractivity contribution in [2.45, 2.75) is 19.4 Å². The van der Waals surface area contributed by atoms with Gasteiger partial charge in [-0.05, 0) is 52.9 Å². The van der Waals surface area contributed by atoms with E-state index in [1.807, 2.05) is 12.1 Å². The molecule has 0 saturated heterocycles. The van der Waals surface area contributed by atoms with E-state index in [9.17, 15) is 0 Å². The number of benzene rings is 1. The summed E-state index contributed by atoms with van der Waals surface area (Å²) in [7, 11) is 0. The first kappa shape index (κ1) is 13.9. The van der Waals surface area contributed by atoms with Gasteiger partial charge in [0.2, 0.25) is 0 Å². The Bertz CT molecular complexity index is 706. The van der Waals surface area contributed by atoms with Gasteiger partial charge in [0.15, 0.2) is 0 Å². The number of halogens is 2. The summed E-state index contributed by atoms with van der Waals surface area (Å²) in [5, 5.41) is 0. The van der Waals surface area contributed by atoms with Gasteiger partial charge in [-0.25, -0.2) is 4.98 Å². The van der Waals surface area contributed by atoms with E-state index >= 15 is 0 Å². The molecule has 0 aliphatic heterocycles. The maximum atomic E-state index is 5.89. The zero-order valence-electron chi connectivity index (χ0n) is 10.9. The predicted molar refractivity (Wildman–Crippen MR) is 89.3 cm³/mol. The maximum Gasteiger partial charge on any atom is 0.111 e. The second-order valence-corrected chi connectivity index (χ2v) is 6.20. The standard InChI is InChI=1S/C15H14ClIN2O/c16-7-5-15-18-13-10-11(17)3-4-14(13)19(15)8-6-12-2-1-9-20-12/h1-4,9-10H,5-8H2. The van der Waals surface area contributed by atoms with Crippen LogP contribution in [0, 0.1) is 3.57 Å². The van der Waals surface area contributed by atoms with Crippen LogP contribution in [0.2, 0.25) is 0 Å². The highest BCUT2D eigenvalue weighted by molar-refractivity contribution is 14.1. The van der Waals surface area contributed by atoms with Crippen LogP contribution in [-0.2, 0) is 19.4 Å². The molecule has 5 heteroatoms. The molecule has 0 unspecified atom stereocenters. The summed E-state index contributed by atoms with van der Waals surface area (Å²) in [5.74, 6) is 2.62. The van der Waals surface area contributed by atoms with E-state index in [0.29, 0.717) is 5.88 Å². The lowest BCUT2D eigenvalue weighted by atomic mass is 10.3. The monoisotopic (exact) mass is 400 g/mol. The van der Waals surface area contributed by atoms with E-state index in [0.717, 1.165) is 42.0 Å². The van der Waals surface area contributed by atoms with Crippen molar-refractivity contribution in [2.24, 2.45) is 0 Å². The van der Waals surface area contributed by atoms with Crippen LogP contribution in [0.4, 0.5) is 0 Å². The minimum absolute atomic E-state index is 0.584. The summed E-state index contributed by atoms with van der Waals surface area (Å²) in [4.78, 5) is 4.71. The molecular weight excluding hydrogens is 387 g/mol. The van der Waals surface area contributed by atoms with E-state index in [1.165, 1.54) is 3.57 Å². The third-order valence-electron chi connectivity index (χ3n) is 3.27. The van der Waals surface area contributed by atoms with Crippen LogP contribution in [0.15, 0.2) is 41.0 Å². The van der Waals surface area contributed by atoms with Crippen LogP contribution < -0.4 is 0 Å². The Morgan fingerprint density at radius 1 is 1.25 bits per heavy atom. The van der Waals surface area contributed by atoms with Gasteiger partial charge in [-0.3, -0.25) is 0 Å². The van der Waals surface area contributed by atoms with Gasteiger partial charge in [-0.15, -0.1) is 11.6 Å². The van der Waals surface area contributed by atoms with E-state index in [4.69, 9.17) is 21.0 Å². The molecule has 1 aromatic carbocycles. The Kier molecular flexibility index (Phi) is 4.31. The Morgan fingerprint density at radius 2 is 2.15 bits per heavy atom. The highest BCUT2D eigenvalue weighted by Gasteiger charge is 2.11. The molecule has 0 spiro atoms. The van der Waals surface area contributed by atoms with E-state index in [-0.39, 0.29) is 0 Å². The quantitative estimate of drug-likeness (QED) is 0.473. The zero-order chi connectivity index (χ0) is 13.9.